The van der Waals surface area contributed by atoms with Gasteiger partial charge in [-0.15, -0.1) is 0 Å². The summed E-state index contributed by atoms with van der Waals surface area (Å²) in [5.74, 6) is 1.76. The van der Waals surface area contributed by atoms with Crippen molar-refractivity contribution in [1.29, 1.82) is 0 Å². The lowest BCUT2D eigenvalue weighted by Gasteiger charge is -2.09. The number of anilines is 1. The molecule has 0 amide bonds. The average molecular weight is 380 g/mol. The first kappa shape index (κ1) is 17.2. The van der Waals surface area contributed by atoms with E-state index < -0.39 is 0 Å². The number of para-hydroxylation sites is 1. The molecule has 0 unspecified atom stereocenters. The first-order valence-electron chi connectivity index (χ1n) is 9.51. The zero-order valence-corrected chi connectivity index (χ0v) is 16.0. The monoisotopic (exact) mass is 380 g/mol. The summed E-state index contributed by atoms with van der Waals surface area (Å²) in [4.78, 5) is 9.61. The van der Waals surface area contributed by atoms with Gasteiger partial charge in [0.25, 0.3) is 0 Å². The molecule has 0 aliphatic carbocycles. The van der Waals surface area contributed by atoms with E-state index in [0.29, 0.717) is 6.54 Å². The van der Waals surface area contributed by atoms with Gasteiger partial charge in [-0.1, -0.05) is 30.3 Å². The van der Waals surface area contributed by atoms with E-state index in [9.17, 15) is 0 Å². The van der Waals surface area contributed by atoms with Gasteiger partial charge in [0.2, 0.25) is 0 Å². The molecule has 0 saturated carbocycles. The molecule has 3 aromatic heterocycles. The summed E-state index contributed by atoms with van der Waals surface area (Å²) in [5.41, 5.74) is 4.99. The fourth-order valence-corrected chi connectivity index (χ4v) is 3.38. The Kier molecular flexibility index (Phi) is 4.29. The van der Waals surface area contributed by atoms with Gasteiger partial charge in [-0.25, -0.2) is 9.97 Å². The van der Waals surface area contributed by atoms with Crippen LogP contribution in [0, 0.1) is 6.92 Å². The Morgan fingerprint density at radius 1 is 0.966 bits per heavy atom. The number of fused-ring (bicyclic) bond motifs is 1. The maximum absolute atomic E-state index is 4.92. The second kappa shape index (κ2) is 7.24. The van der Waals surface area contributed by atoms with Gasteiger partial charge in [0.15, 0.2) is 0 Å². The Morgan fingerprint density at radius 3 is 2.72 bits per heavy atom. The van der Waals surface area contributed by atoms with Crippen LogP contribution in [0.25, 0.3) is 28.0 Å². The van der Waals surface area contributed by atoms with E-state index in [1.54, 1.807) is 0 Å². The summed E-state index contributed by atoms with van der Waals surface area (Å²) < 4.78 is 2.05. The number of imidazole rings is 1. The minimum Gasteiger partial charge on any atom is -0.378 e. The molecule has 0 bridgehead atoms. The molecule has 5 aromatic rings. The number of aromatic nitrogens is 5. The molecule has 0 atom stereocenters. The second-order valence-corrected chi connectivity index (χ2v) is 6.94. The summed E-state index contributed by atoms with van der Waals surface area (Å²) >= 11 is 0. The van der Waals surface area contributed by atoms with Crippen LogP contribution in [0.15, 0.2) is 79.1 Å². The smallest absolute Gasteiger partial charge is 0.138 e. The first-order valence-corrected chi connectivity index (χ1v) is 9.51. The van der Waals surface area contributed by atoms with Crippen LogP contribution < -0.4 is 5.32 Å². The van der Waals surface area contributed by atoms with Gasteiger partial charge in [0.1, 0.15) is 11.6 Å². The molecule has 0 aliphatic rings. The van der Waals surface area contributed by atoms with Gasteiger partial charge in [-0.2, -0.15) is 5.10 Å². The molecule has 0 radical (unpaired) electrons. The van der Waals surface area contributed by atoms with Crippen LogP contribution in [0.2, 0.25) is 0 Å². The molecule has 0 aliphatic heterocycles. The molecular weight excluding hydrogens is 360 g/mol. The molecule has 0 fully saturated rings. The lowest BCUT2D eigenvalue weighted by molar-refractivity contribution is 0.869. The number of hydrogen-bond donors (Lipinski definition) is 2. The third-order valence-corrected chi connectivity index (χ3v) is 4.86. The fourth-order valence-electron chi connectivity index (χ4n) is 3.38. The highest BCUT2D eigenvalue weighted by Crippen LogP contribution is 2.25. The Balaban J connectivity index is 1.55. The number of benzene rings is 2. The molecule has 6 nitrogen and oxygen atoms in total. The van der Waals surface area contributed by atoms with E-state index in [-0.39, 0.29) is 0 Å². The fraction of sp³-hybridized carbons (Fsp3) is 0.0870. The molecule has 6 heteroatoms. The Bertz CT molecular complexity index is 1270. The zero-order valence-electron chi connectivity index (χ0n) is 16.0. The van der Waals surface area contributed by atoms with Crippen LogP contribution in [0.3, 0.4) is 0 Å². The summed E-state index contributed by atoms with van der Waals surface area (Å²) in [6, 6.07) is 22.3. The Morgan fingerprint density at radius 2 is 1.86 bits per heavy atom. The van der Waals surface area contributed by atoms with Crippen molar-refractivity contribution >= 4 is 16.6 Å². The Labute approximate surface area is 168 Å². The van der Waals surface area contributed by atoms with Crippen molar-refractivity contribution in [2.45, 2.75) is 13.5 Å². The number of nitrogens with one attached hydrogen (secondary N) is 2. The summed E-state index contributed by atoms with van der Waals surface area (Å²) in [6.45, 7) is 2.59. The molecule has 142 valence electrons. The van der Waals surface area contributed by atoms with E-state index in [2.05, 4.69) is 37.2 Å². The van der Waals surface area contributed by atoms with Crippen LogP contribution in [0.4, 0.5) is 5.69 Å². The van der Waals surface area contributed by atoms with E-state index >= 15 is 0 Å². The van der Waals surface area contributed by atoms with Gasteiger partial charge >= 0.3 is 0 Å². The molecule has 2 aromatic carbocycles. The third kappa shape index (κ3) is 3.48. The van der Waals surface area contributed by atoms with Crippen LogP contribution >= 0.6 is 0 Å². The van der Waals surface area contributed by atoms with Gasteiger partial charge in [0.05, 0.1) is 24.0 Å². The number of aromatic amines is 1. The number of hydrogen-bond acceptors (Lipinski definition) is 4. The maximum Gasteiger partial charge on any atom is 0.138 e. The second-order valence-electron chi connectivity index (χ2n) is 6.94. The zero-order chi connectivity index (χ0) is 19.6. The van der Waals surface area contributed by atoms with E-state index in [1.165, 1.54) is 0 Å². The number of aryl methyl sites for hydroxylation is 1. The molecular formula is C23H20N6. The number of pyridine rings is 1. The van der Waals surface area contributed by atoms with Gasteiger partial charge < -0.3 is 5.32 Å². The SMILES string of the molecule is Cc1cccc(-n2cc(-c3ccc4[nH]ncc4c3)nc2CNc2ccccc2)n1. The summed E-state index contributed by atoms with van der Waals surface area (Å²) in [7, 11) is 0. The van der Waals surface area contributed by atoms with Crippen molar-refractivity contribution in [3.8, 4) is 17.1 Å². The third-order valence-electron chi connectivity index (χ3n) is 4.86. The first-order chi connectivity index (χ1) is 14.3. The molecule has 5 rings (SSSR count). The van der Waals surface area contributed by atoms with Gasteiger partial charge in [-0.05, 0) is 43.3 Å². The van der Waals surface area contributed by atoms with E-state index in [0.717, 1.165) is 45.2 Å². The van der Waals surface area contributed by atoms with Crippen molar-refractivity contribution < 1.29 is 0 Å². The standard InChI is InChI=1S/C23H20N6/c1-16-6-5-9-22(26-16)29-15-21(17-10-11-20-18(12-17)13-25-28-20)27-23(29)14-24-19-7-3-2-4-8-19/h2-13,15,24H,14H2,1H3,(H,25,28). The summed E-state index contributed by atoms with van der Waals surface area (Å²) in [6.07, 6.45) is 3.88. The quantitative estimate of drug-likeness (QED) is 0.462. The van der Waals surface area contributed by atoms with Crippen LogP contribution in [0.1, 0.15) is 11.5 Å². The highest BCUT2D eigenvalue weighted by atomic mass is 15.1. The normalized spacial score (nSPS) is 11.1. The van der Waals surface area contributed by atoms with Crippen LogP contribution in [-0.4, -0.2) is 24.7 Å². The Hall–Kier alpha value is -3.93. The van der Waals surface area contributed by atoms with Gasteiger partial charge in [-0.3, -0.25) is 9.67 Å². The van der Waals surface area contributed by atoms with Crippen LogP contribution in [0.5, 0.6) is 0 Å². The van der Waals surface area contributed by atoms with Crippen LogP contribution in [-0.2, 0) is 6.54 Å². The lowest BCUT2D eigenvalue weighted by atomic mass is 10.1. The van der Waals surface area contributed by atoms with Crippen molar-refractivity contribution in [1.82, 2.24) is 24.7 Å². The average Bonchev–Trinajstić information content (AvgIpc) is 3.39. The van der Waals surface area contributed by atoms with Crippen molar-refractivity contribution in [2.24, 2.45) is 0 Å². The predicted octanol–water partition coefficient (Wildman–Crippen LogP) is 4.73. The van der Waals surface area contributed by atoms with Crippen molar-refractivity contribution in [3.63, 3.8) is 0 Å². The van der Waals surface area contributed by atoms with E-state index in [4.69, 9.17) is 4.98 Å². The summed E-state index contributed by atoms with van der Waals surface area (Å²) in [5, 5.41) is 11.6. The lowest BCUT2D eigenvalue weighted by Crippen LogP contribution is -2.08. The van der Waals surface area contributed by atoms with Crippen molar-refractivity contribution in [3.05, 3.63) is 90.6 Å². The number of rotatable bonds is 5. The predicted molar refractivity (Wildman–Crippen MR) is 115 cm³/mol. The topological polar surface area (TPSA) is 71.4 Å². The molecule has 0 spiro atoms. The molecule has 2 N–H and O–H groups in total. The highest BCUT2D eigenvalue weighted by Gasteiger charge is 2.13. The van der Waals surface area contributed by atoms with Crippen molar-refractivity contribution in [2.75, 3.05) is 5.32 Å². The van der Waals surface area contributed by atoms with Gasteiger partial charge in [0, 0.05) is 28.5 Å². The molecule has 3 heterocycles. The minimum absolute atomic E-state index is 0.591. The number of nitrogens with zero attached hydrogens (tertiary/aromatic N) is 4. The minimum atomic E-state index is 0.591. The highest BCUT2D eigenvalue weighted by molar-refractivity contribution is 5.83. The molecule has 0 saturated heterocycles. The van der Waals surface area contributed by atoms with E-state index in [1.807, 2.05) is 73.9 Å². The maximum atomic E-state index is 4.92. The number of H-pyrrole nitrogens is 1. The largest absolute Gasteiger partial charge is 0.378 e. The molecule has 29 heavy (non-hydrogen) atoms.